The van der Waals surface area contributed by atoms with E-state index in [9.17, 15) is 5.26 Å². The predicted molar refractivity (Wildman–Crippen MR) is 82.4 cm³/mol. The summed E-state index contributed by atoms with van der Waals surface area (Å²) < 4.78 is 1.56. The maximum absolute atomic E-state index is 9.20. The molecule has 0 aliphatic heterocycles. The van der Waals surface area contributed by atoms with Gasteiger partial charge in [-0.05, 0) is 24.3 Å². The maximum Gasteiger partial charge on any atom is 0.240 e. The van der Waals surface area contributed by atoms with Crippen molar-refractivity contribution in [3.05, 3.63) is 60.9 Å². The van der Waals surface area contributed by atoms with Crippen molar-refractivity contribution in [3.8, 4) is 23.3 Å². The van der Waals surface area contributed by atoms with Gasteiger partial charge in [-0.2, -0.15) is 5.26 Å². The van der Waals surface area contributed by atoms with Crippen molar-refractivity contribution >= 4 is 10.9 Å². The fourth-order valence-electron chi connectivity index (χ4n) is 2.33. The minimum Gasteiger partial charge on any atom is -0.264 e. The molecule has 0 amide bonds. The molecule has 108 valence electrons. The van der Waals surface area contributed by atoms with E-state index in [0.717, 1.165) is 16.5 Å². The molecular formula is C16H9N7. The summed E-state index contributed by atoms with van der Waals surface area (Å²) in [5.41, 5.74) is 1.57. The van der Waals surface area contributed by atoms with E-state index in [1.807, 2.05) is 42.5 Å². The Morgan fingerprint density at radius 3 is 2.78 bits per heavy atom. The number of para-hydroxylation sites is 1. The zero-order valence-corrected chi connectivity index (χ0v) is 11.8. The highest BCUT2D eigenvalue weighted by Gasteiger charge is 2.14. The Bertz CT molecular complexity index is 1030. The molecule has 23 heavy (non-hydrogen) atoms. The van der Waals surface area contributed by atoms with E-state index < -0.39 is 0 Å². The fourth-order valence-corrected chi connectivity index (χ4v) is 2.33. The SMILES string of the molecule is N#Cc1nncn1-c1nc(-c2cccnc2)nc2ccccc12. The molecule has 3 heterocycles. The lowest BCUT2D eigenvalue weighted by atomic mass is 10.2. The normalized spacial score (nSPS) is 10.6. The first-order valence-corrected chi connectivity index (χ1v) is 6.84. The van der Waals surface area contributed by atoms with Gasteiger partial charge in [0.15, 0.2) is 11.6 Å². The highest BCUT2D eigenvalue weighted by atomic mass is 15.3. The van der Waals surface area contributed by atoms with Crippen LogP contribution in [0, 0.1) is 11.3 Å². The average molecular weight is 299 g/mol. The van der Waals surface area contributed by atoms with Gasteiger partial charge in [-0.1, -0.05) is 12.1 Å². The van der Waals surface area contributed by atoms with Crippen LogP contribution in [0.1, 0.15) is 5.82 Å². The number of hydrogen-bond donors (Lipinski definition) is 0. The number of pyridine rings is 1. The zero-order chi connectivity index (χ0) is 15.6. The molecule has 0 aliphatic rings. The Kier molecular flexibility index (Phi) is 2.99. The first-order valence-electron chi connectivity index (χ1n) is 6.84. The summed E-state index contributed by atoms with van der Waals surface area (Å²) in [5.74, 6) is 1.27. The van der Waals surface area contributed by atoms with Gasteiger partial charge in [-0.25, -0.2) is 9.97 Å². The second-order valence-electron chi connectivity index (χ2n) is 4.77. The van der Waals surface area contributed by atoms with Crippen LogP contribution in [0.25, 0.3) is 28.1 Å². The molecule has 4 rings (SSSR count). The van der Waals surface area contributed by atoms with Gasteiger partial charge in [-0.3, -0.25) is 9.55 Å². The van der Waals surface area contributed by atoms with Crippen LogP contribution >= 0.6 is 0 Å². The first kappa shape index (κ1) is 13.0. The molecule has 0 atom stereocenters. The van der Waals surface area contributed by atoms with Gasteiger partial charge in [0.2, 0.25) is 5.82 Å². The van der Waals surface area contributed by atoms with E-state index in [4.69, 9.17) is 0 Å². The van der Waals surface area contributed by atoms with E-state index in [2.05, 4.69) is 25.1 Å². The molecule has 7 nitrogen and oxygen atoms in total. The molecule has 0 aliphatic carbocycles. The van der Waals surface area contributed by atoms with Gasteiger partial charge in [0, 0.05) is 23.3 Å². The van der Waals surface area contributed by atoms with Gasteiger partial charge in [0.25, 0.3) is 0 Å². The van der Waals surface area contributed by atoms with Crippen molar-refractivity contribution < 1.29 is 0 Å². The number of aromatic nitrogens is 6. The third-order valence-corrected chi connectivity index (χ3v) is 3.38. The van der Waals surface area contributed by atoms with Crippen molar-refractivity contribution in [2.24, 2.45) is 0 Å². The van der Waals surface area contributed by atoms with Crippen molar-refractivity contribution in [2.75, 3.05) is 0 Å². The van der Waals surface area contributed by atoms with Crippen molar-refractivity contribution in [1.82, 2.24) is 29.7 Å². The van der Waals surface area contributed by atoms with Crippen molar-refractivity contribution in [2.45, 2.75) is 0 Å². The summed E-state index contributed by atoms with van der Waals surface area (Å²) >= 11 is 0. The third-order valence-electron chi connectivity index (χ3n) is 3.38. The largest absolute Gasteiger partial charge is 0.264 e. The monoisotopic (exact) mass is 299 g/mol. The molecule has 3 aromatic heterocycles. The molecule has 0 N–H and O–H groups in total. The van der Waals surface area contributed by atoms with E-state index in [1.165, 1.54) is 6.33 Å². The molecule has 7 heteroatoms. The highest BCUT2D eigenvalue weighted by molar-refractivity contribution is 5.87. The third kappa shape index (κ3) is 2.18. The van der Waals surface area contributed by atoms with E-state index in [0.29, 0.717) is 11.6 Å². The van der Waals surface area contributed by atoms with Crippen LogP contribution in [0.2, 0.25) is 0 Å². The minimum atomic E-state index is 0.172. The van der Waals surface area contributed by atoms with Crippen LogP contribution in [-0.4, -0.2) is 29.7 Å². The Hall–Kier alpha value is -3.66. The van der Waals surface area contributed by atoms with Crippen LogP contribution in [0.4, 0.5) is 0 Å². The molecule has 4 aromatic rings. The smallest absolute Gasteiger partial charge is 0.240 e. The first-order chi connectivity index (χ1) is 11.4. The molecular weight excluding hydrogens is 290 g/mol. The molecule has 0 radical (unpaired) electrons. The molecule has 0 unspecified atom stereocenters. The molecule has 0 spiro atoms. The molecule has 0 fully saturated rings. The lowest BCUT2D eigenvalue weighted by molar-refractivity contribution is 0.971. The molecule has 1 aromatic carbocycles. The lowest BCUT2D eigenvalue weighted by Crippen LogP contribution is -2.04. The van der Waals surface area contributed by atoms with Gasteiger partial charge >= 0.3 is 0 Å². The summed E-state index contributed by atoms with van der Waals surface area (Å²) in [6.07, 6.45) is 4.87. The van der Waals surface area contributed by atoms with Gasteiger partial charge in [0.1, 0.15) is 12.4 Å². The van der Waals surface area contributed by atoms with Crippen molar-refractivity contribution in [1.29, 1.82) is 5.26 Å². The Labute approximate surface area is 130 Å². The maximum atomic E-state index is 9.20. The number of nitrogens with zero attached hydrogens (tertiary/aromatic N) is 7. The number of fused-ring (bicyclic) bond motifs is 1. The number of hydrogen-bond acceptors (Lipinski definition) is 6. The van der Waals surface area contributed by atoms with Crippen LogP contribution in [0.3, 0.4) is 0 Å². The topological polar surface area (TPSA) is 93.2 Å². The molecule has 0 saturated carbocycles. The zero-order valence-electron chi connectivity index (χ0n) is 11.8. The molecule has 0 bridgehead atoms. The van der Waals surface area contributed by atoms with Gasteiger partial charge < -0.3 is 0 Å². The van der Waals surface area contributed by atoms with E-state index in [-0.39, 0.29) is 5.82 Å². The summed E-state index contributed by atoms with van der Waals surface area (Å²) in [6.45, 7) is 0. The quantitative estimate of drug-likeness (QED) is 0.563. The summed E-state index contributed by atoms with van der Waals surface area (Å²) in [4.78, 5) is 13.3. The summed E-state index contributed by atoms with van der Waals surface area (Å²) in [5, 5.41) is 17.6. The van der Waals surface area contributed by atoms with Crippen molar-refractivity contribution in [3.63, 3.8) is 0 Å². The molecule has 0 saturated heterocycles. The average Bonchev–Trinajstić information content (AvgIpc) is 3.10. The van der Waals surface area contributed by atoms with Crippen LogP contribution < -0.4 is 0 Å². The Morgan fingerprint density at radius 1 is 1.04 bits per heavy atom. The van der Waals surface area contributed by atoms with Crippen LogP contribution in [0.5, 0.6) is 0 Å². The second kappa shape index (κ2) is 5.27. The van der Waals surface area contributed by atoms with E-state index in [1.54, 1.807) is 17.0 Å². The predicted octanol–water partition coefficient (Wildman–Crippen LogP) is 2.14. The van der Waals surface area contributed by atoms with Gasteiger partial charge in [0.05, 0.1) is 5.52 Å². The minimum absolute atomic E-state index is 0.172. The van der Waals surface area contributed by atoms with E-state index >= 15 is 0 Å². The Morgan fingerprint density at radius 2 is 1.96 bits per heavy atom. The van der Waals surface area contributed by atoms with Crippen LogP contribution in [-0.2, 0) is 0 Å². The van der Waals surface area contributed by atoms with Crippen LogP contribution in [0.15, 0.2) is 55.1 Å². The lowest BCUT2D eigenvalue weighted by Gasteiger charge is -2.09. The highest BCUT2D eigenvalue weighted by Crippen LogP contribution is 2.24. The Balaban J connectivity index is 2.05. The number of rotatable bonds is 2. The number of nitriles is 1. The second-order valence-corrected chi connectivity index (χ2v) is 4.77. The standard InChI is InChI=1S/C16H9N7/c17-8-14-22-19-10-23(14)16-12-5-1-2-6-13(12)20-15(21-16)11-4-3-7-18-9-11/h1-7,9-10H. The fraction of sp³-hybridized carbons (Fsp3) is 0. The number of benzene rings is 1. The van der Waals surface area contributed by atoms with Gasteiger partial charge in [-0.15, -0.1) is 10.2 Å². The summed E-state index contributed by atoms with van der Waals surface area (Å²) in [7, 11) is 0. The summed E-state index contributed by atoms with van der Waals surface area (Å²) in [6, 6.07) is 13.3.